The second-order valence-corrected chi connectivity index (χ2v) is 6.04. The van der Waals surface area contributed by atoms with E-state index in [2.05, 4.69) is 10.4 Å². The van der Waals surface area contributed by atoms with E-state index in [1.165, 1.54) is 16.8 Å². The number of benzene rings is 1. The number of carbonyl (C=O) groups excluding carboxylic acids is 1. The number of carbonyl (C=O) groups is 1. The minimum Gasteiger partial charge on any atom is -0.348 e. The van der Waals surface area contributed by atoms with Gasteiger partial charge in [-0.25, -0.2) is 13.5 Å². The maximum atomic E-state index is 13.9. The predicted molar refractivity (Wildman–Crippen MR) is 80.9 cm³/mol. The molecule has 1 saturated carbocycles. The van der Waals surface area contributed by atoms with E-state index in [1.807, 2.05) is 6.92 Å². The van der Waals surface area contributed by atoms with Gasteiger partial charge in [0.25, 0.3) is 0 Å². The number of amides is 1. The predicted octanol–water partition coefficient (Wildman–Crippen LogP) is 2.13. The van der Waals surface area contributed by atoms with Crippen molar-refractivity contribution < 1.29 is 13.6 Å². The van der Waals surface area contributed by atoms with Crippen molar-refractivity contribution >= 4 is 5.91 Å². The van der Waals surface area contributed by atoms with E-state index in [4.69, 9.17) is 5.73 Å². The Morgan fingerprint density at radius 2 is 2.13 bits per heavy atom. The van der Waals surface area contributed by atoms with Crippen LogP contribution in [-0.4, -0.2) is 21.2 Å². The summed E-state index contributed by atoms with van der Waals surface area (Å²) in [5, 5.41) is 7.01. The summed E-state index contributed by atoms with van der Waals surface area (Å²) in [6, 6.07) is 3.01. The van der Waals surface area contributed by atoms with E-state index in [0.29, 0.717) is 18.5 Å². The topological polar surface area (TPSA) is 72.9 Å². The molecule has 1 aliphatic carbocycles. The molecule has 1 amide bonds. The summed E-state index contributed by atoms with van der Waals surface area (Å²) in [5.74, 6) is -1.53. The van der Waals surface area contributed by atoms with E-state index in [0.717, 1.165) is 11.6 Å². The lowest BCUT2D eigenvalue weighted by atomic mass is 10.1. The average molecular weight is 320 g/mol. The number of aromatic nitrogens is 2. The zero-order chi connectivity index (χ0) is 16.8. The van der Waals surface area contributed by atoms with Crippen LogP contribution in [0.5, 0.6) is 0 Å². The molecule has 0 bridgehead atoms. The fraction of sp³-hybridized carbons (Fsp3) is 0.375. The second-order valence-electron chi connectivity index (χ2n) is 6.04. The molecule has 3 N–H and O–H groups in total. The highest BCUT2D eigenvalue weighted by atomic mass is 19.1. The van der Waals surface area contributed by atoms with Crippen LogP contribution < -0.4 is 11.1 Å². The molecule has 1 aromatic heterocycles. The van der Waals surface area contributed by atoms with Gasteiger partial charge in [-0.05, 0) is 38.8 Å². The molecule has 5 nitrogen and oxygen atoms in total. The largest absolute Gasteiger partial charge is 0.348 e. The third-order valence-electron chi connectivity index (χ3n) is 4.24. The molecule has 0 saturated heterocycles. The fourth-order valence-corrected chi connectivity index (χ4v) is 2.52. The molecule has 1 fully saturated rings. The molecule has 7 heteroatoms. The van der Waals surface area contributed by atoms with Crippen molar-refractivity contribution in [2.24, 2.45) is 5.73 Å². The van der Waals surface area contributed by atoms with E-state index < -0.39 is 17.2 Å². The van der Waals surface area contributed by atoms with E-state index in [9.17, 15) is 13.6 Å². The standard InChI is InChI=1S/C16H18F2N4O/c1-9(21-15(23)16(19)5-6-16)12-8-20-22(10(12)2)14-4-3-11(17)7-13(14)18/h3-4,7-9H,5-6,19H2,1-2H3,(H,21,23)/t9-/m1/s1. The van der Waals surface area contributed by atoms with Crippen molar-refractivity contribution in [1.29, 1.82) is 0 Å². The molecule has 0 unspecified atom stereocenters. The van der Waals surface area contributed by atoms with E-state index in [-0.39, 0.29) is 17.6 Å². The summed E-state index contributed by atoms with van der Waals surface area (Å²) < 4.78 is 28.3. The first-order valence-electron chi connectivity index (χ1n) is 7.41. The van der Waals surface area contributed by atoms with Crippen LogP contribution in [0.15, 0.2) is 24.4 Å². The van der Waals surface area contributed by atoms with Crippen LogP contribution in [0.4, 0.5) is 8.78 Å². The Kier molecular flexibility index (Phi) is 3.68. The molecular formula is C16H18F2N4O. The summed E-state index contributed by atoms with van der Waals surface area (Å²) in [4.78, 5) is 12.0. The lowest BCUT2D eigenvalue weighted by Gasteiger charge is -2.17. The van der Waals surface area contributed by atoms with Gasteiger partial charge in [0, 0.05) is 17.3 Å². The first-order chi connectivity index (χ1) is 10.8. The first-order valence-corrected chi connectivity index (χ1v) is 7.41. The van der Waals surface area contributed by atoms with Crippen LogP contribution in [0.25, 0.3) is 5.69 Å². The Hall–Kier alpha value is -2.28. The van der Waals surface area contributed by atoms with Crippen molar-refractivity contribution in [3.05, 3.63) is 47.3 Å². The molecule has 1 aliphatic rings. The molecule has 0 aliphatic heterocycles. The minimum atomic E-state index is -0.749. The number of nitrogens with zero attached hydrogens (tertiary/aromatic N) is 2. The van der Waals surface area contributed by atoms with Gasteiger partial charge in [-0.2, -0.15) is 5.10 Å². The number of nitrogens with two attached hydrogens (primary N) is 1. The van der Waals surface area contributed by atoms with Crippen LogP contribution in [0.2, 0.25) is 0 Å². The monoisotopic (exact) mass is 320 g/mol. The molecule has 23 heavy (non-hydrogen) atoms. The number of halogens is 2. The van der Waals surface area contributed by atoms with Crippen molar-refractivity contribution in [3.63, 3.8) is 0 Å². The molecule has 0 radical (unpaired) electrons. The molecule has 2 aromatic rings. The second kappa shape index (κ2) is 5.42. The molecule has 0 spiro atoms. The molecule has 1 heterocycles. The SMILES string of the molecule is Cc1c([C@@H](C)NC(=O)C2(N)CC2)cnn1-c1ccc(F)cc1F. The highest BCUT2D eigenvalue weighted by molar-refractivity contribution is 5.89. The third-order valence-corrected chi connectivity index (χ3v) is 4.24. The molecule has 1 aromatic carbocycles. The summed E-state index contributed by atoms with van der Waals surface area (Å²) in [5.41, 5.74) is 6.70. The van der Waals surface area contributed by atoms with E-state index >= 15 is 0 Å². The zero-order valence-corrected chi connectivity index (χ0v) is 12.9. The summed E-state index contributed by atoms with van der Waals surface area (Å²) >= 11 is 0. The molecular weight excluding hydrogens is 302 g/mol. The van der Waals surface area contributed by atoms with Crippen molar-refractivity contribution in [2.45, 2.75) is 38.3 Å². The van der Waals surface area contributed by atoms with Crippen molar-refractivity contribution in [1.82, 2.24) is 15.1 Å². The molecule has 3 rings (SSSR count). The molecule has 122 valence electrons. The van der Waals surface area contributed by atoms with Gasteiger partial charge in [0.2, 0.25) is 5.91 Å². The Bertz CT molecular complexity index is 767. The maximum Gasteiger partial charge on any atom is 0.240 e. The summed E-state index contributed by atoms with van der Waals surface area (Å²) in [6.07, 6.45) is 2.94. The first kappa shape index (κ1) is 15.6. The van der Waals surface area contributed by atoms with Crippen LogP contribution >= 0.6 is 0 Å². The third kappa shape index (κ3) is 2.84. The highest BCUT2D eigenvalue weighted by Gasteiger charge is 2.46. The number of hydrogen-bond acceptors (Lipinski definition) is 3. The normalized spacial score (nSPS) is 16.9. The Morgan fingerprint density at radius 3 is 2.74 bits per heavy atom. The number of rotatable bonds is 4. The number of nitrogens with one attached hydrogen (secondary N) is 1. The van der Waals surface area contributed by atoms with Gasteiger partial charge in [0.1, 0.15) is 11.5 Å². The van der Waals surface area contributed by atoms with Crippen molar-refractivity contribution in [2.75, 3.05) is 0 Å². The van der Waals surface area contributed by atoms with Gasteiger partial charge in [-0.3, -0.25) is 4.79 Å². The van der Waals surface area contributed by atoms with Gasteiger partial charge in [-0.15, -0.1) is 0 Å². The Morgan fingerprint density at radius 1 is 1.43 bits per heavy atom. The zero-order valence-electron chi connectivity index (χ0n) is 12.9. The van der Waals surface area contributed by atoms with Gasteiger partial charge in [-0.1, -0.05) is 0 Å². The van der Waals surface area contributed by atoms with Crippen molar-refractivity contribution in [3.8, 4) is 5.69 Å². The van der Waals surface area contributed by atoms with Gasteiger partial charge in [0.05, 0.1) is 17.8 Å². The summed E-state index contributed by atoms with van der Waals surface area (Å²) in [7, 11) is 0. The van der Waals surface area contributed by atoms with Crippen LogP contribution in [0, 0.1) is 18.6 Å². The minimum absolute atomic E-state index is 0.158. The van der Waals surface area contributed by atoms with Gasteiger partial charge < -0.3 is 11.1 Å². The Labute approximate surface area is 132 Å². The number of hydrogen-bond donors (Lipinski definition) is 2. The van der Waals surface area contributed by atoms with Crippen LogP contribution in [-0.2, 0) is 4.79 Å². The summed E-state index contributed by atoms with van der Waals surface area (Å²) in [6.45, 7) is 3.59. The smallest absolute Gasteiger partial charge is 0.240 e. The lowest BCUT2D eigenvalue weighted by molar-refractivity contribution is -0.123. The van der Waals surface area contributed by atoms with E-state index in [1.54, 1.807) is 13.1 Å². The quantitative estimate of drug-likeness (QED) is 0.906. The Balaban J connectivity index is 1.85. The fourth-order valence-electron chi connectivity index (χ4n) is 2.52. The van der Waals surface area contributed by atoms with Crippen LogP contribution in [0.1, 0.15) is 37.1 Å². The van der Waals surface area contributed by atoms with Crippen LogP contribution in [0.3, 0.4) is 0 Å². The highest BCUT2D eigenvalue weighted by Crippen LogP contribution is 2.33. The van der Waals surface area contributed by atoms with Gasteiger partial charge >= 0.3 is 0 Å². The van der Waals surface area contributed by atoms with Gasteiger partial charge in [0.15, 0.2) is 5.82 Å². The molecule has 1 atom stereocenters. The lowest BCUT2D eigenvalue weighted by Crippen LogP contribution is -2.43. The average Bonchev–Trinajstić information content (AvgIpc) is 3.12. The maximum absolute atomic E-state index is 13.9.